The minimum Gasteiger partial charge on any atom is -0.455 e. The van der Waals surface area contributed by atoms with Crippen molar-refractivity contribution in [3.05, 3.63) is 71.8 Å². The lowest BCUT2D eigenvalue weighted by Crippen LogP contribution is -2.44. The van der Waals surface area contributed by atoms with Gasteiger partial charge in [0.1, 0.15) is 12.6 Å². The predicted octanol–water partition coefficient (Wildman–Crippen LogP) is 2.73. The van der Waals surface area contributed by atoms with Gasteiger partial charge in [0.15, 0.2) is 0 Å². The lowest BCUT2D eigenvalue weighted by atomic mass is 10.1. The van der Waals surface area contributed by atoms with Gasteiger partial charge in [0.2, 0.25) is 11.8 Å². The molecule has 168 valence electrons. The van der Waals surface area contributed by atoms with Gasteiger partial charge < -0.3 is 14.5 Å². The van der Waals surface area contributed by atoms with Gasteiger partial charge in [0.25, 0.3) is 5.78 Å². The Morgan fingerprint density at radius 3 is 2.22 bits per heavy atom. The number of ether oxygens (including phenoxy) is 1. The summed E-state index contributed by atoms with van der Waals surface area (Å²) in [7, 11) is 1.70. The number of nitrogens with zero attached hydrogens (tertiary/aromatic N) is 2. The van der Waals surface area contributed by atoms with Crippen LogP contribution in [0.25, 0.3) is 0 Å². The second kappa shape index (κ2) is 11.2. The Balaban J connectivity index is 1.48. The van der Waals surface area contributed by atoms with Gasteiger partial charge in [-0.25, -0.2) is 4.79 Å². The molecule has 0 bridgehead atoms. The number of amides is 2. The van der Waals surface area contributed by atoms with Crippen LogP contribution in [0, 0.1) is 0 Å². The minimum absolute atomic E-state index is 0.000800. The molecular weight excluding hydrogens is 408 g/mol. The van der Waals surface area contributed by atoms with Gasteiger partial charge in [-0.3, -0.25) is 14.4 Å². The number of ketones is 1. The van der Waals surface area contributed by atoms with Gasteiger partial charge in [-0.2, -0.15) is 0 Å². The number of rotatable bonds is 9. The van der Waals surface area contributed by atoms with Crippen molar-refractivity contribution in [2.24, 2.45) is 0 Å². The molecule has 2 amide bonds. The third kappa shape index (κ3) is 6.26. The third-order valence-electron chi connectivity index (χ3n) is 5.53. The van der Waals surface area contributed by atoms with Crippen LogP contribution in [0.4, 0.5) is 0 Å². The van der Waals surface area contributed by atoms with Crippen LogP contribution in [0.15, 0.2) is 60.7 Å². The van der Waals surface area contributed by atoms with Crippen molar-refractivity contribution in [2.75, 3.05) is 13.6 Å². The molecule has 0 radical (unpaired) electrons. The van der Waals surface area contributed by atoms with Crippen molar-refractivity contribution in [1.82, 2.24) is 9.80 Å². The highest BCUT2D eigenvalue weighted by Gasteiger charge is 2.38. The summed E-state index contributed by atoms with van der Waals surface area (Å²) in [6.07, 6.45) is 1.11. The molecule has 7 nitrogen and oxygen atoms in total. The highest BCUT2D eigenvalue weighted by Crippen LogP contribution is 2.20. The van der Waals surface area contributed by atoms with E-state index >= 15 is 0 Å². The number of carbonyl (C=O) groups excluding carboxylic acids is 4. The first kappa shape index (κ1) is 23.2. The Morgan fingerprint density at radius 2 is 1.56 bits per heavy atom. The SMILES string of the molecule is CN(Cc1ccccc1)C(=O)CCC(=O)N1CCC[C@H]1C(=O)C(=O)OCc1ccccc1. The fraction of sp³-hybridized carbons (Fsp3) is 0.360. The summed E-state index contributed by atoms with van der Waals surface area (Å²) in [5, 5.41) is 0. The van der Waals surface area contributed by atoms with E-state index in [1.807, 2.05) is 48.5 Å². The molecule has 1 heterocycles. The Kier molecular flexibility index (Phi) is 8.14. The molecule has 0 aliphatic carbocycles. The van der Waals surface area contributed by atoms with Crippen LogP contribution in [0.3, 0.4) is 0 Å². The molecule has 1 atom stereocenters. The van der Waals surface area contributed by atoms with Crippen molar-refractivity contribution >= 4 is 23.6 Å². The highest BCUT2D eigenvalue weighted by atomic mass is 16.5. The fourth-order valence-corrected chi connectivity index (χ4v) is 3.76. The fourth-order valence-electron chi connectivity index (χ4n) is 3.76. The van der Waals surface area contributed by atoms with E-state index in [9.17, 15) is 19.2 Å². The number of hydrogen-bond donors (Lipinski definition) is 0. The summed E-state index contributed by atoms with van der Waals surface area (Å²) in [6, 6.07) is 17.9. The second-order valence-electron chi connectivity index (χ2n) is 7.91. The Hall–Kier alpha value is -3.48. The van der Waals surface area contributed by atoms with Crippen molar-refractivity contribution in [1.29, 1.82) is 0 Å². The molecule has 0 aromatic heterocycles. The smallest absolute Gasteiger partial charge is 0.377 e. The predicted molar refractivity (Wildman–Crippen MR) is 118 cm³/mol. The van der Waals surface area contributed by atoms with Crippen molar-refractivity contribution in [3.63, 3.8) is 0 Å². The molecule has 0 unspecified atom stereocenters. The topological polar surface area (TPSA) is 84.0 Å². The Bertz CT molecular complexity index is 945. The summed E-state index contributed by atoms with van der Waals surface area (Å²) in [4.78, 5) is 52.9. The zero-order valence-corrected chi connectivity index (χ0v) is 18.2. The van der Waals surface area contributed by atoms with Crippen LogP contribution in [0.2, 0.25) is 0 Å². The first-order chi connectivity index (χ1) is 15.5. The zero-order chi connectivity index (χ0) is 22.9. The van der Waals surface area contributed by atoms with Gasteiger partial charge in [0.05, 0.1) is 0 Å². The van der Waals surface area contributed by atoms with Crippen LogP contribution in [-0.2, 0) is 37.1 Å². The molecule has 7 heteroatoms. The zero-order valence-electron chi connectivity index (χ0n) is 18.2. The monoisotopic (exact) mass is 436 g/mol. The molecule has 32 heavy (non-hydrogen) atoms. The molecule has 1 saturated heterocycles. The minimum atomic E-state index is -0.933. The molecule has 1 aliphatic heterocycles. The number of esters is 1. The first-order valence-corrected chi connectivity index (χ1v) is 10.8. The summed E-state index contributed by atoms with van der Waals surface area (Å²) < 4.78 is 5.13. The number of benzene rings is 2. The summed E-state index contributed by atoms with van der Waals surface area (Å²) in [6.45, 7) is 0.871. The molecule has 2 aromatic rings. The third-order valence-corrected chi connectivity index (χ3v) is 5.53. The molecule has 2 aromatic carbocycles. The Morgan fingerprint density at radius 1 is 0.938 bits per heavy atom. The number of carbonyl (C=O) groups is 4. The van der Waals surface area contributed by atoms with E-state index in [0.717, 1.165) is 11.1 Å². The lowest BCUT2D eigenvalue weighted by molar-refractivity contribution is -0.158. The van der Waals surface area contributed by atoms with E-state index in [1.54, 1.807) is 24.1 Å². The standard InChI is InChI=1S/C25H28N2O5/c1-26(17-19-9-4-2-5-10-19)22(28)14-15-23(29)27-16-8-13-21(27)24(30)25(31)32-18-20-11-6-3-7-12-20/h2-7,9-12,21H,8,13-18H2,1H3/t21-/m0/s1. The van der Waals surface area contributed by atoms with Crippen molar-refractivity contribution in [3.8, 4) is 0 Å². The summed E-state index contributed by atoms with van der Waals surface area (Å²) in [5.41, 5.74) is 1.79. The first-order valence-electron chi connectivity index (χ1n) is 10.8. The number of likely N-dealkylation sites (tertiary alicyclic amines) is 1. The van der Waals surface area contributed by atoms with E-state index in [0.29, 0.717) is 25.9 Å². The van der Waals surface area contributed by atoms with E-state index in [4.69, 9.17) is 4.74 Å². The quantitative estimate of drug-likeness (QED) is 0.446. The molecule has 1 fully saturated rings. The maximum atomic E-state index is 12.7. The average Bonchev–Trinajstić information content (AvgIpc) is 3.31. The molecule has 0 N–H and O–H groups in total. The summed E-state index contributed by atoms with van der Waals surface area (Å²) >= 11 is 0. The normalized spacial score (nSPS) is 15.3. The summed E-state index contributed by atoms with van der Waals surface area (Å²) in [5.74, 6) is -2.08. The lowest BCUT2D eigenvalue weighted by Gasteiger charge is -2.23. The molecule has 1 aliphatic rings. The van der Waals surface area contributed by atoms with Crippen LogP contribution in [0.5, 0.6) is 0 Å². The maximum Gasteiger partial charge on any atom is 0.377 e. The van der Waals surface area contributed by atoms with E-state index in [-0.39, 0.29) is 31.3 Å². The molecule has 0 saturated carbocycles. The largest absolute Gasteiger partial charge is 0.455 e. The van der Waals surface area contributed by atoms with E-state index < -0.39 is 17.8 Å². The number of hydrogen-bond acceptors (Lipinski definition) is 5. The maximum absolute atomic E-state index is 12.7. The van der Waals surface area contributed by atoms with E-state index in [1.165, 1.54) is 4.90 Å². The molecule has 0 spiro atoms. The van der Waals surface area contributed by atoms with Crippen LogP contribution in [0.1, 0.15) is 36.8 Å². The van der Waals surface area contributed by atoms with Gasteiger partial charge in [-0.05, 0) is 24.0 Å². The van der Waals surface area contributed by atoms with Crippen LogP contribution >= 0.6 is 0 Å². The van der Waals surface area contributed by atoms with Gasteiger partial charge in [0, 0.05) is 33.0 Å². The Labute approximate surface area is 188 Å². The number of Topliss-reactive ketones (excluding diaryl/α,β-unsaturated/α-hetero) is 1. The second-order valence-corrected chi connectivity index (χ2v) is 7.91. The van der Waals surface area contributed by atoms with E-state index in [2.05, 4.69) is 0 Å². The van der Waals surface area contributed by atoms with Gasteiger partial charge >= 0.3 is 5.97 Å². The highest BCUT2D eigenvalue weighted by molar-refractivity contribution is 6.36. The molecular formula is C25H28N2O5. The molecule has 3 rings (SSSR count). The van der Waals surface area contributed by atoms with Gasteiger partial charge in [-0.15, -0.1) is 0 Å². The average molecular weight is 437 g/mol. The van der Waals surface area contributed by atoms with Crippen LogP contribution in [-0.4, -0.2) is 53.0 Å². The van der Waals surface area contributed by atoms with Gasteiger partial charge in [-0.1, -0.05) is 60.7 Å². The van der Waals surface area contributed by atoms with Crippen molar-refractivity contribution < 1.29 is 23.9 Å². The van der Waals surface area contributed by atoms with Crippen molar-refractivity contribution in [2.45, 2.75) is 44.9 Å². The van der Waals surface area contributed by atoms with Crippen LogP contribution < -0.4 is 0 Å².